The first kappa shape index (κ1) is 8.34. The molecule has 0 radical (unpaired) electrons. The van der Waals surface area contributed by atoms with E-state index in [4.69, 9.17) is 0 Å². The Bertz CT molecular complexity index is 166. The number of hydrogen-bond donors (Lipinski definition) is 0. The van der Waals surface area contributed by atoms with E-state index in [1.54, 1.807) is 0 Å². The fourth-order valence-electron chi connectivity index (χ4n) is 0. The average molecular weight is 140 g/mol. The van der Waals surface area contributed by atoms with Gasteiger partial charge < -0.3 is 0 Å². The zero-order valence-corrected chi connectivity index (χ0v) is 4.68. The number of halogens is 3. The molecule has 2 nitrogen and oxygen atoms in total. The first-order valence-corrected chi connectivity index (χ1v) is 3.40. The van der Waals surface area contributed by atoms with Crippen molar-refractivity contribution in [3.05, 3.63) is 0 Å². The molecule has 0 atom stereocenters. The summed E-state index contributed by atoms with van der Waals surface area (Å²) in [6.45, 7) is 0. The van der Waals surface area contributed by atoms with Crippen LogP contribution < -0.4 is 0 Å². The normalized spacial score (nSPS) is 14.1. The maximum absolute atomic E-state index is 11.0. The van der Waals surface area contributed by atoms with Crippen molar-refractivity contribution in [2.45, 2.75) is 5.51 Å². The minimum absolute atomic E-state index is 0.118. The molecule has 0 amide bonds. The van der Waals surface area contributed by atoms with Crippen LogP contribution in [-0.4, -0.2) is 30.4 Å². The monoisotopic (exact) mass is 140 g/mol. The number of alkyl halides is 3. The van der Waals surface area contributed by atoms with Crippen LogP contribution in [0.15, 0.2) is 0 Å². The van der Waals surface area contributed by atoms with Gasteiger partial charge in [0.1, 0.15) is 0 Å². The molecule has 0 aliphatic carbocycles. The predicted octanol–water partition coefficient (Wildman–Crippen LogP) is 0.00450. The van der Waals surface area contributed by atoms with Crippen LogP contribution in [0.3, 0.4) is 0 Å². The van der Waals surface area contributed by atoms with Crippen molar-refractivity contribution in [2.24, 2.45) is 0 Å². The van der Waals surface area contributed by atoms with Gasteiger partial charge in [-0.2, -0.15) is 0 Å². The summed E-state index contributed by atoms with van der Waals surface area (Å²) in [4.78, 5) is 0. The van der Waals surface area contributed by atoms with Crippen LogP contribution in [0.1, 0.15) is 0 Å². The van der Waals surface area contributed by atoms with Gasteiger partial charge in [-0.3, -0.25) is 0 Å². The summed E-state index contributed by atoms with van der Waals surface area (Å²) < 4.78 is 52.0. The van der Waals surface area contributed by atoms with E-state index in [0.717, 1.165) is 0 Å². The third-order valence-electron chi connectivity index (χ3n) is 0.420. The first-order chi connectivity index (χ1) is 3.25. The van der Waals surface area contributed by atoms with E-state index in [-0.39, 0.29) is 16.5 Å². The Hall–Kier alpha value is 0.337. The molecule has 0 saturated carbocycles. The summed E-state index contributed by atoms with van der Waals surface area (Å²) in [6.07, 6.45) is 0. The molecule has 0 spiro atoms. The molecular weight excluding hydrogens is 140 g/mol. The van der Waals surface area contributed by atoms with Gasteiger partial charge in [0.15, 0.2) is 0 Å². The zero-order valence-electron chi connectivity index (χ0n) is 3.86. The molecule has 0 saturated heterocycles. The average Bonchev–Trinajstić information content (AvgIpc) is 1.25. The standard InChI is InChI=1S/CF3O2S.Li/c2-1(3,4)7(5)6;. The summed E-state index contributed by atoms with van der Waals surface area (Å²) in [6, 6.07) is 0. The van der Waals surface area contributed by atoms with Gasteiger partial charge in [0.2, 0.25) is 0 Å². The van der Waals surface area contributed by atoms with E-state index < -0.39 is 13.4 Å². The van der Waals surface area contributed by atoms with Gasteiger partial charge in [-0.25, -0.2) is 0 Å². The molecule has 0 aromatic rings. The van der Waals surface area contributed by atoms with Crippen LogP contribution >= 0.6 is 0 Å². The topological polar surface area (TPSA) is 34.1 Å². The van der Waals surface area contributed by atoms with Crippen molar-refractivity contribution < 1.29 is 21.6 Å². The summed E-state index contributed by atoms with van der Waals surface area (Å²) in [5, 5.41) is 0. The molecule has 0 aromatic carbocycles. The van der Waals surface area contributed by atoms with Gasteiger partial charge in [-0.15, -0.1) is 0 Å². The van der Waals surface area contributed by atoms with Gasteiger partial charge in [-0.05, 0) is 0 Å². The first-order valence-electron chi connectivity index (χ1n) is 1.51. The van der Waals surface area contributed by atoms with Crippen molar-refractivity contribution in [1.82, 2.24) is 0 Å². The summed E-state index contributed by atoms with van der Waals surface area (Å²) in [5.74, 6) is 0. The molecule has 0 aliphatic rings. The van der Waals surface area contributed by atoms with Crippen molar-refractivity contribution in [1.29, 1.82) is 0 Å². The quantitative estimate of drug-likeness (QED) is 0.444. The van der Waals surface area contributed by atoms with Gasteiger partial charge in [0.05, 0.1) is 0 Å². The van der Waals surface area contributed by atoms with Crippen LogP contribution in [0.4, 0.5) is 13.2 Å². The number of rotatable bonds is 0. The molecule has 7 heteroatoms. The Morgan fingerprint density at radius 1 is 1.25 bits per heavy atom. The molecular formula is CF3LiO2S. The predicted molar refractivity (Wildman–Crippen MR) is 20.7 cm³/mol. The minimum atomic E-state index is -5.09. The van der Waals surface area contributed by atoms with Crippen molar-refractivity contribution in [3.63, 3.8) is 0 Å². The second kappa shape index (κ2) is 1.94. The van der Waals surface area contributed by atoms with E-state index in [1.807, 2.05) is 0 Å². The third kappa shape index (κ3) is 2.07. The van der Waals surface area contributed by atoms with E-state index in [1.165, 1.54) is 0 Å². The maximum atomic E-state index is 11.0. The van der Waals surface area contributed by atoms with Crippen LogP contribution in [0.25, 0.3) is 0 Å². The van der Waals surface area contributed by atoms with Crippen LogP contribution in [0.2, 0.25) is 0 Å². The second-order valence-corrected chi connectivity index (χ2v) is 3.23. The van der Waals surface area contributed by atoms with E-state index in [9.17, 15) is 21.6 Å². The van der Waals surface area contributed by atoms with E-state index in [2.05, 4.69) is 0 Å². The van der Waals surface area contributed by atoms with Gasteiger partial charge in [0, 0.05) is 0 Å². The zero-order chi connectivity index (χ0) is 7.00. The summed E-state index contributed by atoms with van der Waals surface area (Å²) in [5.41, 5.74) is -5.09. The Labute approximate surface area is 52.1 Å². The Balaban J connectivity index is 4.53. The second-order valence-electron chi connectivity index (χ2n) is 1.22. The summed E-state index contributed by atoms with van der Waals surface area (Å²) >= 11 is 0.118. The molecule has 0 rings (SSSR count). The SMILES string of the molecule is [Li][S](=O)(=O)C(F)(F)F. The Morgan fingerprint density at radius 2 is 1.38 bits per heavy atom. The molecule has 44 valence electrons. The van der Waals surface area contributed by atoms with E-state index >= 15 is 0 Å². The fraction of sp³-hybridized carbons (Fsp3) is 1.00. The van der Waals surface area contributed by atoms with Crippen LogP contribution in [0.5, 0.6) is 0 Å². The fourth-order valence-corrected chi connectivity index (χ4v) is 0. The molecule has 0 heterocycles. The molecule has 0 N–H and O–H groups in total. The Morgan fingerprint density at radius 3 is 1.38 bits per heavy atom. The molecule has 0 aromatic heterocycles. The molecule has 0 aliphatic heterocycles. The van der Waals surface area contributed by atoms with Gasteiger partial charge in [0.25, 0.3) is 0 Å². The number of hydrogen-bond acceptors (Lipinski definition) is 2. The third-order valence-corrected chi connectivity index (χ3v) is 1.26. The Kier molecular flexibility index (Phi) is 2.02. The van der Waals surface area contributed by atoms with Crippen molar-refractivity contribution in [2.75, 3.05) is 0 Å². The van der Waals surface area contributed by atoms with Crippen LogP contribution in [0, 0.1) is 0 Å². The van der Waals surface area contributed by atoms with E-state index in [0.29, 0.717) is 0 Å². The van der Waals surface area contributed by atoms with Gasteiger partial charge >= 0.3 is 51.6 Å². The molecule has 0 fully saturated rings. The van der Waals surface area contributed by atoms with Crippen LogP contribution in [-0.2, 0) is 7.94 Å². The molecule has 0 bridgehead atoms. The van der Waals surface area contributed by atoms with Gasteiger partial charge in [-0.1, -0.05) is 0 Å². The summed E-state index contributed by atoms with van der Waals surface area (Å²) in [7, 11) is -4.84. The van der Waals surface area contributed by atoms with Crippen molar-refractivity contribution >= 4 is 24.5 Å². The molecule has 0 unspecified atom stereocenters. The molecule has 8 heavy (non-hydrogen) atoms. The van der Waals surface area contributed by atoms with Crippen molar-refractivity contribution in [3.8, 4) is 0 Å².